The second kappa shape index (κ2) is 5.59. The number of hydrogen-bond donors (Lipinski definition) is 1. The van der Waals surface area contributed by atoms with Crippen LogP contribution in [0, 0.1) is 13.8 Å². The van der Waals surface area contributed by atoms with Gasteiger partial charge in [0.2, 0.25) is 0 Å². The van der Waals surface area contributed by atoms with Gasteiger partial charge in [-0.25, -0.2) is 4.98 Å². The van der Waals surface area contributed by atoms with E-state index in [2.05, 4.69) is 41.3 Å². The molecule has 0 saturated heterocycles. The van der Waals surface area contributed by atoms with Gasteiger partial charge in [-0.2, -0.15) is 0 Å². The minimum absolute atomic E-state index is 0.501. The van der Waals surface area contributed by atoms with E-state index in [1.807, 2.05) is 20.0 Å². The summed E-state index contributed by atoms with van der Waals surface area (Å²) in [4.78, 5) is 10.2. The maximum absolute atomic E-state index is 4.50. The standard InChI is InChI=1S/C14H19N3S/c1-9(2)15-7-13-8-16-14(18-13)12-5-10(3)17-11(4)6-12/h5-6,8-9,15H,7H2,1-4H3. The molecular weight excluding hydrogens is 242 g/mol. The van der Waals surface area contributed by atoms with E-state index in [0.717, 1.165) is 22.9 Å². The molecule has 96 valence electrons. The number of thiazole rings is 1. The third-order valence-electron chi connectivity index (χ3n) is 2.57. The normalized spacial score (nSPS) is 11.2. The first-order chi connectivity index (χ1) is 8.54. The Morgan fingerprint density at radius 3 is 2.50 bits per heavy atom. The smallest absolute Gasteiger partial charge is 0.123 e. The van der Waals surface area contributed by atoms with Gasteiger partial charge in [0, 0.05) is 40.6 Å². The van der Waals surface area contributed by atoms with Crippen LogP contribution in [0.5, 0.6) is 0 Å². The number of aromatic nitrogens is 2. The van der Waals surface area contributed by atoms with Crippen LogP contribution in [0.1, 0.15) is 30.1 Å². The summed E-state index contributed by atoms with van der Waals surface area (Å²) in [5, 5.41) is 4.48. The van der Waals surface area contributed by atoms with Crippen molar-refractivity contribution in [3.63, 3.8) is 0 Å². The molecule has 2 rings (SSSR count). The summed E-state index contributed by atoms with van der Waals surface area (Å²) in [6.45, 7) is 9.23. The van der Waals surface area contributed by atoms with Gasteiger partial charge in [-0.3, -0.25) is 4.98 Å². The summed E-state index contributed by atoms with van der Waals surface area (Å²) in [6, 6.07) is 4.68. The molecule has 2 aromatic rings. The molecule has 2 aromatic heterocycles. The van der Waals surface area contributed by atoms with Gasteiger partial charge in [-0.05, 0) is 26.0 Å². The van der Waals surface area contributed by atoms with Crippen LogP contribution in [-0.2, 0) is 6.54 Å². The Balaban J connectivity index is 2.18. The summed E-state index contributed by atoms with van der Waals surface area (Å²) >= 11 is 1.74. The Bertz CT molecular complexity index is 511. The molecule has 3 nitrogen and oxygen atoms in total. The molecule has 4 heteroatoms. The van der Waals surface area contributed by atoms with Crippen molar-refractivity contribution in [3.05, 3.63) is 34.6 Å². The van der Waals surface area contributed by atoms with Crippen LogP contribution in [0.25, 0.3) is 10.6 Å². The van der Waals surface area contributed by atoms with E-state index in [-0.39, 0.29) is 0 Å². The highest BCUT2D eigenvalue weighted by atomic mass is 32.1. The summed E-state index contributed by atoms with van der Waals surface area (Å²) < 4.78 is 0. The third kappa shape index (κ3) is 3.37. The van der Waals surface area contributed by atoms with Gasteiger partial charge in [0.25, 0.3) is 0 Å². The van der Waals surface area contributed by atoms with Gasteiger partial charge in [0.15, 0.2) is 0 Å². The van der Waals surface area contributed by atoms with E-state index in [9.17, 15) is 0 Å². The molecule has 0 aliphatic rings. The monoisotopic (exact) mass is 261 g/mol. The number of nitrogens with one attached hydrogen (secondary N) is 1. The molecule has 0 bridgehead atoms. The molecule has 0 unspecified atom stereocenters. The number of nitrogens with zero attached hydrogens (tertiary/aromatic N) is 2. The first-order valence-electron chi connectivity index (χ1n) is 6.18. The molecule has 18 heavy (non-hydrogen) atoms. The number of rotatable bonds is 4. The van der Waals surface area contributed by atoms with Crippen LogP contribution in [-0.4, -0.2) is 16.0 Å². The van der Waals surface area contributed by atoms with Gasteiger partial charge in [0.1, 0.15) is 5.01 Å². The fraction of sp³-hybridized carbons (Fsp3) is 0.429. The fourth-order valence-corrected chi connectivity index (χ4v) is 2.64. The molecule has 0 aliphatic carbocycles. The summed E-state index contributed by atoms with van der Waals surface area (Å²) in [7, 11) is 0. The first-order valence-corrected chi connectivity index (χ1v) is 7.00. The predicted molar refractivity (Wildman–Crippen MR) is 76.8 cm³/mol. The molecule has 1 N–H and O–H groups in total. The second-order valence-corrected chi connectivity index (χ2v) is 5.92. The highest BCUT2D eigenvalue weighted by molar-refractivity contribution is 7.15. The molecule has 0 saturated carbocycles. The van der Waals surface area contributed by atoms with Gasteiger partial charge in [0.05, 0.1) is 0 Å². The topological polar surface area (TPSA) is 37.8 Å². The molecule has 0 atom stereocenters. The lowest BCUT2D eigenvalue weighted by Gasteiger charge is -2.04. The Kier molecular flexibility index (Phi) is 4.09. The zero-order valence-corrected chi connectivity index (χ0v) is 12.1. The maximum atomic E-state index is 4.50. The number of aryl methyl sites for hydroxylation is 2. The van der Waals surface area contributed by atoms with Crippen molar-refractivity contribution >= 4 is 11.3 Å². The fourth-order valence-electron chi connectivity index (χ4n) is 1.79. The molecule has 0 spiro atoms. The molecule has 0 fully saturated rings. The average molecular weight is 261 g/mol. The Morgan fingerprint density at radius 2 is 1.89 bits per heavy atom. The van der Waals surface area contributed by atoms with E-state index in [0.29, 0.717) is 6.04 Å². The zero-order valence-electron chi connectivity index (χ0n) is 11.3. The predicted octanol–water partition coefficient (Wildman–Crippen LogP) is 3.32. The number of hydrogen-bond acceptors (Lipinski definition) is 4. The Labute approximate surface area is 112 Å². The minimum Gasteiger partial charge on any atom is -0.310 e. The van der Waals surface area contributed by atoms with Crippen molar-refractivity contribution < 1.29 is 0 Å². The summed E-state index contributed by atoms with van der Waals surface area (Å²) in [6.07, 6.45) is 1.96. The SMILES string of the molecule is Cc1cc(-c2ncc(CNC(C)C)s2)cc(C)n1. The lowest BCUT2D eigenvalue weighted by Crippen LogP contribution is -2.21. The molecule has 0 aliphatic heterocycles. The summed E-state index contributed by atoms with van der Waals surface area (Å²) in [5.74, 6) is 0. The van der Waals surface area contributed by atoms with Crippen LogP contribution in [0.2, 0.25) is 0 Å². The van der Waals surface area contributed by atoms with Crippen molar-refractivity contribution in [2.75, 3.05) is 0 Å². The quantitative estimate of drug-likeness (QED) is 0.917. The largest absolute Gasteiger partial charge is 0.310 e. The lowest BCUT2D eigenvalue weighted by atomic mass is 10.2. The van der Waals surface area contributed by atoms with Crippen molar-refractivity contribution in [2.45, 2.75) is 40.3 Å². The van der Waals surface area contributed by atoms with E-state index in [4.69, 9.17) is 0 Å². The Hall–Kier alpha value is -1.26. The first kappa shape index (κ1) is 13.2. The van der Waals surface area contributed by atoms with Crippen LogP contribution >= 0.6 is 11.3 Å². The van der Waals surface area contributed by atoms with E-state index in [1.165, 1.54) is 10.4 Å². The minimum atomic E-state index is 0.501. The van der Waals surface area contributed by atoms with E-state index < -0.39 is 0 Å². The van der Waals surface area contributed by atoms with Crippen LogP contribution < -0.4 is 5.32 Å². The average Bonchev–Trinajstić information content (AvgIpc) is 2.73. The summed E-state index contributed by atoms with van der Waals surface area (Å²) in [5.41, 5.74) is 3.25. The molecule has 0 aromatic carbocycles. The van der Waals surface area contributed by atoms with Crippen molar-refractivity contribution in [2.24, 2.45) is 0 Å². The van der Waals surface area contributed by atoms with E-state index in [1.54, 1.807) is 11.3 Å². The maximum Gasteiger partial charge on any atom is 0.123 e. The van der Waals surface area contributed by atoms with Crippen molar-refractivity contribution in [1.82, 2.24) is 15.3 Å². The van der Waals surface area contributed by atoms with Gasteiger partial charge >= 0.3 is 0 Å². The van der Waals surface area contributed by atoms with Crippen LogP contribution in [0.3, 0.4) is 0 Å². The second-order valence-electron chi connectivity index (χ2n) is 4.81. The third-order valence-corrected chi connectivity index (χ3v) is 3.61. The van der Waals surface area contributed by atoms with Crippen molar-refractivity contribution in [3.8, 4) is 10.6 Å². The lowest BCUT2D eigenvalue weighted by molar-refractivity contribution is 0.593. The highest BCUT2D eigenvalue weighted by Crippen LogP contribution is 2.26. The van der Waals surface area contributed by atoms with Gasteiger partial charge in [-0.15, -0.1) is 11.3 Å². The van der Waals surface area contributed by atoms with Crippen LogP contribution in [0.4, 0.5) is 0 Å². The number of pyridine rings is 1. The van der Waals surface area contributed by atoms with E-state index >= 15 is 0 Å². The van der Waals surface area contributed by atoms with Crippen LogP contribution in [0.15, 0.2) is 18.3 Å². The molecule has 0 radical (unpaired) electrons. The van der Waals surface area contributed by atoms with Gasteiger partial charge < -0.3 is 5.32 Å². The van der Waals surface area contributed by atoms with Crippen molar-refractivity contribution in [1.29, 1.82) is 0 Å². The Morgan fingerprint density at radius 1 is 1.22 bits per heavy atom. The molecule has 0 amide bonds. The zero-order chi connectivity index (χ0) is 13.1. The van der Waals surface area contributed by atoms with Gasteiger partial charge in [-0.1, -0.05) is 13.8 Å². The highest BCUT2D eigenvalue weighted by Gasteiger charge is 2.06. The molecule has 2 heterocycles. The molecular formula is C14H19N3S.